The summed E-state index contributed by atoms with van der Waals surface area (Å²) in [6.45, 7) is -0.125. The fourth-order valence-electron chi connectivity index (χ4n) is 3.26. The van der Waals surface area contributed by atoms with Gasteiger partial charge in [0.1, 0.15) is 5.82 Å². The van der Waals surface area contributed by atoms with Crippen molar-refractivity contribution >= 4 is 15.9 Å². The molecule has 0 heterocycles. The van der Waals surface area contributed by atoms with Gasteiger partial charge in [-0.25, -0.2) is 17.5 Å². The third-order valence-corrected chi connectivity index (χ3v) is 6.29. The van der Waals surface area contributed by atoms with Crippen LogP contribution in [-0.2, 0) is 10.0 Å². The minimum atomic E-state index is -3.70. The fourth-order valence-corrected chi connectivity index (χ4v) is 4.61. The Morgan fingerprint density at radius 3 is 2.57 bits per heavy atom. The molecule has 1 fully saturated rings. The molecule has 1 aliphatic carbocycles. The van der Waals surface area contributed by atoms with Crippen LogP contribution in [0.5, 0.6) is 0 Å². The lowest BCUT2D eigenvalue weighted by atomic mass is 10.1. The minimum absolute atomic E-state index is 0.0257. The summed E-state index contributed by atoms with van der Waals surface area (Å²) in [4.78, 5) is 12.4. The normalized spacial score (nSPS) is 16.1. The Balaban J connectivity index is 1.65. The molecule has 1 aliphatic rings. The van der Waals surface area contributed by atoms with Gasteiger partial charge in [-0.3, -0.25) is 4.79 Å². The molecule has 3 N–H and O–H groups in total. The first-order valence-electron chi connectivity index (χ1n) is 9.19. The van der Waals surface area contributed by atoms with Crippen molar-refractivity contribution in [1.82, 2.24) is 10.0 Å². The minimum Gasteiger partial charge on any atom is -0.387 e. The SMILES string of the molecule is O=C(NCC(O)c1cccc(F)c1)c1cccc(S(=O)(=O)NC2CCCC2)c1. The zero-order chi connectivity index (χ0) is 20.1. The van der Waals surface area contributed by atoms with E-state index in [-0.39, 0.29) is 23.0 Å². The van der Waals surface area contributed by atoms with Crippen molar-refractivity contribution in [3.8, 4) is 0 Å². The maximum absolute atomic E-state index is 13.2. The van der Waals surface area contributed by atoms with E-state index in [1.807, 2.05) is 0 Å². The second kappa shape index (κ2) is 8.81. The molecule has 0 saturated heterocycles. The number of halogens is 1. The van der Waals surface area contributed by atoms with Gasteiger partial charge in [0, 0.05) is 18.2 Å². The van der Waals surface area contributed by atoms with E-state index >= 15 is 0 Å². The maximum atomic E-state index is 13.2. The molecule has 0 spiro atoms. The van der Waals surface area contributed by atoms with Gasteiger partial charge >= 0.3 is 0 Å². The Labute approximate surface area is 163 Å². The van der Waals surface area contributed by atoms with Crippen LogP contribution in [0.2, 0.25) is 0 Å². The van der Waals surface area contributed by atoms with Crippen LogP contribution in [-0.4, -0.2) is 32.0 Å². The standard InChI is InChI=1S/C20H23FN2O4S/c21-16-7-3-5-14(11-16)19(24)13-22-20(25)15-6-4-10-18(12-15)28(26,27)23-17-8-1-2-9-17/h3-7,10-12,17,19,23-24H,1-2,8-9,13H2,(H,22,25). The zero-order valence-corrected chi connectivity index (χ0v) is 16.1. The highest BCUT2D eigenvalue weighted by Gasteiger charge is 2.23. The average Bonchev–Trinajstić information content (AvgIpc) is 3.18. The largest absolute Gasteiger partial charge is 0.387 e. The summed E-state index contributed by atoms with van der Waals surface area (Å²) < 4.78 is 41.0. The topological polar surface area (TPSA) is 95.5 Å². The first kappa shape index (κ1) is 20.4. The molecule has 1 unspecified atom stereocenters. The molecule has 1 amide bonds. The summed E-state index contributed by atoms with van der Waals surface area (Å²) >= 11 is 0. The highest BCUT2D eigenvalue weighted by atomic mass is 32.2. The lowest BCUT2D eigenvalue weighted by Gasteiger charge is -2.14. The summed E-state index contributed by atoms with van der Waals surface area (Å²) in [6, 6.07) is 11.2. The van der Waals surface area contributed by atoms with Gasteiger partial charge in [0.05, 0.1) is 11.0 Å². The molecule has 28 heavy (non-hydrogen) atoms. The Kier molecular flexibility index (Phi) is 6.43. The van der Waals surface area contributed by atoms with Crippen LogP contribution in [0.15, 0.2) is 53.4 Å². The third-order valence-electron chi connectivity index (χ3n) is 4.77. The summed E-state index contributed by atoms with van der Waals surface area (Å²) in [6.07, 6.45) is 2.57. The highest BCUT2D eigenvalue weighted by Crippen LogP contribution is 2.21. The molecule has 1 saturated carbocycles. The van der Waals surface area contributed by atoms with Gasteiger partial charge in [-0.05, 0) is 48.7 Å². The summed E-state index contributed by atoms with van der Waals surface area (Å²) in [5.41, 5.74) is 0.512. The molecule has 150 valence electrons. The van der Waals surface area contributed by atoms with Crippen LogP contribution < -0.4 is 10.0 Å². The molecule has 0 aromatic heterocycles. The van der Waals surface area contributed by atoms with Crippen LogP contribution in [0.4, 0.5) is 4.39 Å². The van der Waals surface area contributed by atoms with E-state index in [0.717, 1.165) is 25.7 Å². The maximum Gasteiger partial charge on any atom is 0.251 e. The number of aliphatic hydroxyl groups excluding tert-OH is 1. The predicted octanol–water partition coefficient (Wildman–Crippen LogP) is 2.51. The van der Waals surface area contributed by atoms with Gasteiger partial charge in [0.25, 0.3) is 5.91 Å². The second-order valence-electron chi connectivity index (χ2n) is 6.91. The van der Waals surface area contributed by atoms with Crippen molar-refractivity contribution in [1.29, 1.82) is 0 Å². The van der Waals surface area contributed by atoms with Crippen molar-refractivity contribution in [3.05, 3.63) is 65.5 Å². The predicted molar refractivity (Wildman–Crippen MR) is 103 cm³/mol. The Morgan fingerprint density at radius 2 is 1.86 bits per heavy atom. The van der Waals surface area contributed by atoms with Crippen LogP contribution in [0.1, 0.15) is 47.7 Å². The number of carbonyl (C=O) groups is 1. The highest BCUT2D eigenvalue weighted by molar-refractivity contribution is 7.89. The third kappa shape index (κ3) is 5.15. The van der Waals surface area contributed by atoms with Gasteiger partial charge < -0.3 is 10.4 Å². The molecular formula is C20H23FN2O4S. The number of nitrogens with one attached hydrogen (secondary N) is 2. The number of amides is 1. The van der Waals surface area contributed by atoms with Crippen molar-refractivity contribution < 1.29 is 22.7 Å². The molecule has 0 bridgehead atoms. The van der Waals surface area contributed by atoms with Crippen molar-refractivity contribution in [3.63, 3.8) is 0 Å². The lowest BCUT2D eigenvalue weighted by Crippen LogP contribution is -2.33. The Bertz CT molecular complexity index is 943. The van der Waals surface area contributed by atoms with E-state index in [4.69, 9.17) is 0 Å². The molecule has 3 rings (SSSR count). The zero-order valence-electron chi connectivity index (χ0n) is 15.3. The first-order chi connectivity index (χ1) is 13.3. The van der Waals surface area contributed by atoms with E-state index in [9.17, 15) is 22.7 Å². The monoisotopic (exact) mass is 406 g/mol. The molecule has 2 aromatic carbocycles. The van der Waals surface area contributed by atoms with E-state index in [2.05, 4.69) is 10.0 Å². The Hall–Kier alpha value is -2.29. The van der Waals surface area contributed by atoms with Gasteiger partial charge in [-0.1, -0.05) is 31.0 Å². The Morgan fingerprint density at radius 1 is 1.14 bits per heavy atom. The van der Waals surface area contributed by atoms with Crippen molar-refractivity contribution in [2.45, 2.75) is 42.7 Å². The number of aliphatic hydroxyl groups is 1. The van der Waals surface area contributed by atoms with Crippen LogP contribution in [0, 0.1) is 5.82 Å². The number of benzene rings is 2. The molecule has 0 aliphatic heterocycles. The number of sulfonamides is 1. The molecule has 8 heteroatoms. The average molecular weight is 406 g/mol. The van der Waals surface area contributed by atoms with Crippen LogP contribution in [0.25, 0.3) is 0 Å². The summed E-state index contributed by atoms with van der Waals surface area (Å²) in [7, 11) is -3.70. The molecule has 0 radical (unpaired) electrons. The smallest absolute Gasteiger partial charge is 0.251 e. The van der Waals surface area contributed by atoms with Crippen molar-refractivity contribution in [2.75, 3.05) is 6.54 Å². The van der Waals surface area contributed by atoms with Crippen LogP contribution in [0.3, 0.4) is 0 Å². The summed E-state index contributed by atoms with van der Waals surface area (Å²) in [5, 5.41) is 12.6. The number of hydrogen-bond donors (Lipinski definition) is 3. The molecular weight excluding hydrogens is 383 g/mol. The number of carbonyl (C=O) groups excluding carboxylic acids is 1. The second-order valence-corrected chi connectivity index (χ2v) is 8.63. The van der Waals surface area contributed by atoms with Crippen molar-refractivity contribution in [2.24, 2.45) is 0 Å². The molecule has 2 aromatic rings. The van der Waals surface area contributed by atoms with E-state index in [1.165, 1.54) is 42.5 Å². The summed E-state index contributed by atoms with van der Waals surface area (Å²) in [5.74, 6) is -0.996. The number of hydrogen-bond acceptors (Lipinski definition) is 4. The van der Waals surface area contributed by atoms with Gasteiger partial charge in [0.2, 0.25) is 10.0 Å². The number of rotatable bonds is 7. The lowest BCUT2D eigenvalue weighted by molar-refractivity contribution is 0.0916. The van der Waals surface area contributed by atoms with E-state index in [1.54, 1.807) is 6.07 Å². The fraction of sp³-hybridized carbons (Fsp3) is 0.350. The van der Waals surface area contributed by atoms with E-state index < -0.39 is 27.9 Å². The quantitative estimate of drug-likeness (QED) is 0.658. The van der Waals surface area contributed by atoms with Gasteiger partial charge in [0.15, 0.2) is 0 Å². The van der Waals surface area contributed by atoms with E-state index in [0.29, 0.717) is 5.56 Å². The first-order valence-corrected chi connectivity index (χ1v) is 10.7. The van der Waals surface area contributed by atoms with Gasteiger partial charge in [-0.15, -0.1) is 0 Å². The van der Waals surface area contributed by atoms with Gasteiger partial charge in [-0.2, -0.15) is 0 Å². The molecule has 1 atom stereocenters. The molecule has 6 nitrogen and oxygen atoms in total. The van der Waals surface area contributed by atoms with Crippen LogP contribution >= 0.6 is 0 Å².